The summed E-state index contributed by atoms with van der Waals surface area (Å²) in [7, 11) is 0. The van der Waals surface area contributed by atoms with Crippen molar-refractivity contribution in [2.45, 2.75) is 32.1 Å². The molecule has 3 rings (SSSR count). The Labute approximate surface area is 144 Å². The maximum Gasteiger partial charge on any atom is 0.270 e. The molecule has 1 fully saturated rings. The van der Waals surface area contributed by atoms with E-state index in [1.54, 1.807) is 24.3 Å². The smallest absolute Gasteiger partial charge is 0.270 e. The summed E-state index contributed by atoms with van der Waals surface area (Å²) in [6.45, 7) is 0. The van der Waals surface area contributed by atoms with Gasteiger partial charge in [0.15, 0.2) is 0 Å². The summed E-state index contributed by atoms with van der Waals surface area (Å²) < 4.78 is 5.61. The number of non-ortho nitro benzene ring substituents is 1. The number of rotatable bonds is 5. The van der Waals surface area contributed by atoms with E-state index in [-0.39, 0.29) is 17.5 Å². The third kappa shape index (κ3) is 4.32. The monoisotopic (exact) mass is 341 g/mol. The predicted molar refractivity (Wildman–Crippen MR) is 93.1 cm³/mol. The first-order valence-corrected chi connectivity index (χ1v) is 8.31. The van der Waals surface area contributed by atoms with Crippen molar-refractivity contribution in [2.75, 3.05) is 0 Å². The van der Waals surface area contributed by atoms with Crippen LogP contribution in [-0.4, -0.2) is 17.0 Å². The average Bonchev–Trinajstić information content (AvgIpc) is 3.11. The number of benzene rings is 1. The van der Waals surface area contributed by atoms with Crippen LogP contribution in [0, 0.1) is 16.0 Å². The van der Waals surface area contributed by atoms with Crippen LogP contribution < -0.4 is 5.43 Å². The van der Waals surface area contributed by atoms with Gasteiger partial charge in [0.1, 0.15) is 11.5 Å². The Kier molecular flexibility index (Phi) is 5.23. The van der Waals surface area contributed by atoms with E-state index >= 15 is 0 Å². The van der Waals surface area contributed by atoms with Crippen molar-refractivity contribution in [3.05, 3.63) is 52.3 Å². The molecule has 7 heteroatoms. The van der Waals surface area contributed by atoms with E-state index in [1.165, 1.54) is 24.8 Å². The van der Waals surface area contributed by atoms with E-state index in [4.69, 9.17) is 4.42 Å². The van der Waals surface area contributed by atoms with E-state index in [0.717, 1.165) is 25.7 Å². The van der Waals surface area contributed by atoms with E-state index in [2.05, 4.69) is 10.5 Å². The zero-order valence-electron chi connectivity index (χ0n) is 13.7. The molecular formula is C18H19N3O4. The van der Waals surface area contributed by atoms with Crippen LogP contribution in [0.15, 0.2) is 45.9 Å². The lowest BCUT2D eigenvalue weighted by Crippen LogP contribution is -2.28. The molecule has 1 heterocycles. The van der Waals surface area contributed by atoms with Crippen molar-refractivity contribution in [1.29, 1.82) is 0 Å². The Bertz CT molecular complexity index is 791. The van der Waals surface area contributed by atoms with Gasteiger partial charge in [-0.2, -0.15) is 5.10 Å². The van der Waals surface area contributed by atoms with Crippen LogP contribution in [0.25, 0.3) is 11.3 Å². The average molecular weight is 341 g/mol. The van der Waals surface area contributed by atoms with Crippen molar-refractivity contribution in [3.63, 3.8) is 0 Å². The maximum atomic E-state index is 12.0. The normalized spacial score (nSPS) is 15.4. The standard InChI is InChI=1S/C18H19N3O4/c22-18(13-5-2-1-3-6-13)20-19-12-16-9-10-17(25-16)14-7-4-8-15(11-14)21(23)24/h4,7-13H,1-3,5-6H2,(H,20,22)/b19-12-. The maximum absolute atomic E-state index is 12.0. The number of nitro benzene ring substituents is 1. The SMILES string of the molecule is O=C(N/N=C\c1ccc(-c2cccc([N+](=O)[O-])c2)o1)C1CCCCC1. The molecule has 1 aromatic heterocycles. The molecule has 0 saturated heterocycles. The number of nitrogens with one attached hydrogen (secondary N) is 1. The number of hydrogen-bond donors (Lipinski definition) is 1. The summed E-state index contributed by atoms with van der Waals surface area (Å²) >= 11 is 0. The van der Waals surface area contributed by atoms with Gasteiger partial charge in [0, 0.05) is 23.6 Å². The van der Waals surface area contributed by atoms with Gasteiger partial charge in [-0.3, -0.25) is 14.9 Å². The van der Waals surface area contributed by atoms with Gasteiger partial charge in [-0.05, 0) is 25.0 Å². The van der Waals surface area contributed by atoms with Crippen LogP contribution in [0.2, 0.25) is 0 Å². The minimum Gasteiger partial charge on any atom is -0.455 e. The molecule has 1 N–H and O–H groups in total. The van der Waals surface area contributed by atoms with Gasteiger partial charge in [-0.15, -0.1) is 0 Å². The zero-order chi connectivity index (χ0) is 17.6. The second-order valence-corrected chi connectivity index (χ2v) is 6.08. The van der Waals surface area contributed by atoms with Crippen LogP contribution in [-0.2, 0) is 4.79 Å². The van der Waals surface area contributed by atoms with Gasteiger partial charge < -0.3 is 4.42 Å². The highest BCUT2D eigenvalue weighted by atomic mass is 16.6. The van der Waals surface area contributed by atoms with Gasteiger partial charge in [-0.1, -0.05) is 31.4 Å². The fraction of sp³-hybridized carbons (Fsp3) is 0.333. The molecule has 1 aromatic carbocycles. The number of nitrogens with zero attached hydrogens (tertiary/aromatic N) is 2. The van der Waals surface area contributed by atoms with E-state index < -0.39 is 4.92 Å². The highest BCUT2D eigenvalue weighted by Gasteiger charge is 2.20. The molecule has 1 aliphatic carbocycles. The Hall–Kier alpha value is -2.96. The number of nitro groups is 1. The lowest BCUT2D eigenvalue weighted by Gasteiger charge is -2.19. The van der Waals surface area contributed by atoms with Gasteiger partial charge in [0.25, 0.3) is 5.69 Å². The highest BCUT2D eigenvalue weighted by Crippen LogP contribution is 2.25. The second-order valence-electron chi connectivity index (χ2n) is 6.08. The van der Waals surface area contributed by atoms with Crippen LogP contribution in [0.3, 0.4) is 0 Å². The first-order chi connectivity index (χ1) is 12.1. The molecule has 1 amide bonds. The van der Waals surface area contributed by atoms with Crippen LogP contribution >= 0.6 is 0 Å². The zero-order valence-corrected chi connectivity index (χ0v) is 13.7. The Morgan fingerprint density at radius 2 is 2.04 bits per heavy atom. The largest absolute Gasteiger partial charge is 0.455 e. The lowest BCUT2D eigenvalue weighted by atomic mass is 9.89. The van der Waals surface area contributed by atoms with E-state index in [0.29, 0.717) is 17.1 Å². The minimum atomic E-state index is -0.449. The van der Waals surface area contributed by atoms with Crippen LogP contribution in [0.4, 0.5) is 5.69 Å². The number of carbonyl (C=O) groups is 1. The first kappa shape index (κ1) is 16.9. The highest BCUT2D eigenvalue weighted by molar-refractivity contribution is 5.82. The summed E-state index contributed by atoms with van der Waals surface area (Å²) in [5.41, 5.74) is 3.17. The number of amides is 1. The molecule has 7 nitrogen and oxygen atoms in total. The molecule has 130 valence electrons. The van der Waals surface area contributed by atoms with E-state index in [9.17, 15) is 14.9 Å². The summed E-state index contributed by atoms with van der Waals surface area (Å²) in [6, 6.07) is 9.62. The van der Waals surface area contributed by atoms with Crippen LogP contribution in [0.5, 0.6) is 0 Å². The third-order valence-electron chi connectivity index (χ3n) is 4.31. The summed E-state index contributed by atoms with van der Waals surface area (Å²) in [4.78, 5) is 22.4. The fourth-order valence-electron chi connectivity index (χ4n) is 2.97. The van der Waals surface area contributed by atoms with Crippen molar-refractivity contribution in [2.24, 2.45) is 11.0 Å². The first-order valence-electron chi connectivity index (χ1n) is 8.31. The molecule has 2 aromatic rings. The van der Waals surface area contributed by atoms with Crippen LogP contribution in [0.1, 0.15) is 37.9 Å². The van der Waals surface area contributed by atoms with Gasteiger partial charge >= 0.3 is 0 Å². The second kappa shape index (κ2) is 7.74. The number of hydrogen-bond acceptors (Lipinski definition) is 5. The molecule has 0 bridgehead atoms. The quantitative estimate of drug-likeness (QED) is 0.507. The molecule has 0 radical (unpaired) electrons. The molecular weight excluding hydrogens is 322 g/mol. The lowest BCUT2D eigenvalue weighted by molar-refractivity contribution is -0.384. The van der Waals surface area contributed by atoms with Gasteiger partial charge in [0.2, 0.25) is 5.91 Å². The third-order valence-corrected chi connectivity index (χ3v) is 4.31. The fourth-order valence-corrected chi connectivity index (χ4v) is 2.97. The Morgan fingerprint density at radius 3 is 2.80 bits per heavy atom. The summed E-state index contributed by atoms with van der Waals surface area (Å²) in [5.74, 6) is 0.957. The molecule has 1 saturated carbocycles. The van der Waals surface area contributed by atoms with Gasteiger partial charge in [0.05, 0.1) is 11.1 Å². The molecule has 25 heavy (non-hydrogen) atoms. The molecule has 1 aliphatic rings. The molecule has 0 atom stereocenters. The van der Waals surface area contributed by atoms with Crippen molar-refractivity contribution in [3.8, 4) is 11.3 Å². The predicted octanol–water partition coefficient (Wildman–Crippen LogP) is 3.89. The Balaban J connectivity index is 1.62. The van der Waals surface area contributed by atoms with Gasteiger partial charge in [-0.25, -0.2) is 5.43 Å². The molecule has 0 aliphatic heterocycles. The number of furan rings is 1. The topological polar surface area (TPSA) is 97.7 Å². The number of carbonyl (C=O) groups excluding carboxylic acids is 1. The Morgan fingerprint density at radius 1 is 1.24 bits per heavy atom. The van der Waals surface area contributed by atoms with Crippen molar-refractivity contribution < 1.29 is 14.1 Å². The summed E-state index contributed by atoms with van der Waals surface area (Å²) in [5, 5.41) is 14.8. The van der Waals surface area contributed by atoms with E-state index in [1.807, 2.05) is 0 Å². The minimum absolute atomic E-state index is 0.00358. The molecule has 0 unspecified atom stereocenters. The van der Waals surface area contributed by atoms with Crippen molar-refractivity contribution >= 4 is 17.8 Å². The number of hydrazone groups is 1. The summed E-state index contributed by atoms with van der Waals surface area (Å²) in [6.07, 6.45) is 6.64. The molecule has 0 spiro atoms. The van der Waals surface area contributed by atoms with Crippen molar-refractivity contribution in [1.82, 2.24) is 5.43 Å².